The Balaban J connectivity index is 1.23. The lowest BCUT2D eigenvalue weighted by molar-refractivity contribution is -0.0206. The molecule has 2 aromatic rings. The van der Waals surface area contributed by atoms with Crippen LogP contribution in [0.1, 0.15) is 49.7 Å². The molecule has 154 valence electrons. The summed E-state index contributed by atoms with van der Waals surface area (Å²) in [4.78, 5) is 0. The second-order valence-electron chi connectivity index (χ2n) is 9.45. The van der Waals surface area contributed by atoms with Crippen LogP contribution in [0.5, 0.6) is 11.5 Å². The van der Waals surface area contributed by atoms with Gasteiger partial charge in [-0.3, -0.25) is 0 Å². The van der Waals surface area contributed by atoms with Gasteiger partial charge in [0.2, 0.25) is 0 Å². The zero-order valence-corrected chi connectivity index (χ0v) is 17.1. The van der Waals surface area contributed by atoms with Gasteiger partial charge in [0.05, 0.1) is 7.11 Å². The van der Waals surface area contributed by atoms with Crippen LogP contribution in [0.2, 0.25) is 0 Å². The highest BCUT2D eigenvalue weighted by molar-refractivity contribution is 5.43. The van der Waals surface area contributed by atoms with Gasteiger partial charge in [0.25, 0.3) is 0 Å². The first-order valence-electron chi connectivity index (χ1n) is 10.9. The van der Waals surface area contributed by atoms with E-state index in [2.05, 4.69) is 17.4 Å². The lowest BCUT2D eigenvalue weighted by atomic mass is 9.53. The summed E-state index contributed by atoms with van der Waals surface area (Å²) in [6.45, 7) is 1.27. The number of methoxy groups -OCH3 is 1. The number of halogens is 1. The van der Waals surface area contributed by atoms with Gasteiger partial charge in [0.1, 0.15) is 12.4 Å². The predicted octanol–water partition coefficient (Wildman–Crippen LogP) is 5.47. The lowest BCUT2D eigenvalue weighted by Gasteiger charge is -2.57. The normalized spacial score (nSPS) is 29.8. The van der Waals surface area contributed by atoms with E-state index in [1.54, 1.807) is 19.2 Å². The molecule has 0 aromatic heterocycles. The number of nitrogens with one attached hydrogen (secondary N) is 1. The Morgan fingerprint density at radius 1 is 0.897 bits per heavy atom. The minimum absolute atomic E-state index is 0.234. The van der Waals surface area contributed by atoms with Gasteiger partial charge in [0.15, 0.2) is 11.5 Å². The second kappa shape index (κ2) is 7.64. The van der Waals surface area contributed by atoms with Crippen molar-refractivity contribution in [1.29, 1.82) is 0 Å². The molecule has 6 rings (SSSR count). The number of hydrogen-bond acceptors (Lipinski definition) is 3. The topological polar surface area (TPSA) is 30.5 Å². The Kier molecular flexibility index (Phi) is 4.99. The largest absolute Gasteiger partial charge is 0.493 e. The maximum atomic E-state index is 13.1. The third-order valence-corrected chi connectivity index (χ3v) is 7.24. The van der Waals surface area contributed by atoms with E-state index < -0.39 is 0 Å². The number of ether oxygens (including phenoxy) is 2. The van der Waals surface area contributed by atoms with Crippen molar-refractivity contribution in [3.05, 3.63) is 59.4 Å². The molecule has 29 heavy (non-hydrogen) atoms. The molecule has 0 amide bonds. The van der Waals surface area contributed by atoms with Gasteiger partial charge in [-0.15, -0.1) is 0 Å². The van der Waals surface area contributed by atoms with E-state index in [9.17, 15) is 4.39 Å². The van der Waals surface area contributed by atoms with E-state index in [0.717, 1.165) is 41.4 Å². The zero-order chi connectivity index (χ0) is 19.8. The van der Waals surface area contributed by atoms with Crippen molar-refractivity contribution >= 4 is 0 Å². The first kappa shape index (κ1) is 18.9. The molecule has 4 heteroatoms. The lowest BCUT2D eigenvalue weighted by Crippen LogP contribution is -2.58. The van der Waals surface area contributed by atoms with E-state index >= 15 is 0 Å². The summed E-state index contributed by atoms with van der Waals surface area (Å²) < 4.78 is 24.6. The van der Waals surface area contributed by atoms with Gasteiger partial charge in [-0.1, -0.05) is 18.2 Å². The van der Waals surface area contributed by atoms with Crippen LogP contribution in [0, 0.1) is 23.6 Å². The van der Waals surface area contributed by atoms with Gasteiger partial charge in [-0.05, 0) is 91.7 Å². The fourth-order valence-corrected chi connectivity index (χ4v) is 6.30. The minimum atomic E-state index is -0.234. The van der Waals surface area contributed by atoms with Gasteiger partial charge < -0.3 is 14.8 Å². The Hall–Kier alpha value is -2.07. The molecule has 4 fully saturated rings. The first-order valence-corrected chi connectivity index (χ1v) is 10.9. The number of hydrogen-bond donors (Lipinski definition) is 1. The van der Waals surface area contributed by atoms with E-state index in [0.29, 0.717) is 12.1 Å². The van der Waals surface area contributed by atoms with Gasteiger partial charge in [-0.25, -0.2) is 4.39 Å². The van der Waals surface area contributed by atoms with Crippen LogP contribution in [-0.2, 0) is 13.2 Å². The summed E-state index contributed by atoms with van der Waals surface area (Å²) in [6, 6.07) is 12.6. The van der Waals surface area contributed by atoms with Crippen molar-refractivity contribution in [3.8, 4) is 11.5 Å². The van der Waals surface area contributed by atoms with Crippen molar-refractivity contribution in [2.75, 3.05) is 7.11 Å². The molecule has 0 atom stereocenters. The highest BCUT2D eigenvalue weighted by Crippen LogP contribution is 2.55. The monoisotopic (exact) mass is 395 g/mol. The molecule has 2 aromatic carbocycles. The van der Waals surface area contributed by atoms with E-state index in [4.69, 9.17) is 9.47 Å². The molecule has 4 saturated carbocycles. The fourth-order valence-electron chi connectivity index (χ4n) is 6.30. The van der Waals surface area contributed by atoms with E-state index in [-0.39, 0.29) is 5.82 Å². The number of rotatable bonds is 7. The van der Waals surface area contributed by atoms with E-state index in [1.807, 2.05) is 6.07 Å². The Morgan fingerprint density at radius 2 is 1.52 bits per heavy atom. The average Bonchev–Trinajstić information content (AvgIpc) is 2.71. The van der Waals surface area contributed by atoms with Gasteiger partial charge in [-0.2, -0.15) is 0 Å². The Labute approximate surface area is 172 Å². The molecule has 0 spiro atoms. The summed E-state index contributed by atoms with van der Waals surface area (Å²) in [6.07, 6.45) is 8.47. The maximum Gasteiger partial charge on any atom is 0.161 e. The van der Waals surface area contributed by atoms with Gasteiger partial charge >= 0.3 is 0 Å². The minimum Gasteiger partial charge on any atom is -0.493 e. The Bertz CT molecular complexity index is 828. The summed E-state index contributed by atoms with van der Waals surface area (Å²) >= 11 is 0. The third kappa shape index (κ3) is 4.00. The van der Waals surface area contributed by atoms with Crippen molar-refractivity contribution in [2.24, 2.45) is 17.8 Å². The molecule has 4 aliphatic carbocycles. The van der Waals surface area contributed by atoms with Crippen molar-refractivity contribution in [3.63, 3.8) is 0 Å². The molecular weight excluding hydrogens is 365 g/mol. The van der Waals surface area contributed by atoms with Crippen molar-refractivity contribution in [1.82, 2.24) is 5.32 Å². The smallest absolute Gasteiger partial charge is 0.161 e. The molecular formula is C25H30FNO2. The molecule has 0 unspecified atom stereocenters. The first-order chi connectivity index (χ1) is 14.1. The predicted molar refractivity (Wildman–Crippen MR) is 111 cm³/mol. The molecule has 0 heterocycles. The summed E-state index contributed by atoms with van der Waals surface area (Å²) in [5.41, 5.74) is 2.52. The quantitative estimate of drug-likeness (QED) is 0.674. The average molecular weight is 396 g/mol. The molecule has 1 N–H and O–H groups in total. The van der Waals surface area contributed by atoms with Crippen LogP contribution >= 0.6 is 0 Å². The Morgan fingerprint density at radius 3 is 2.14 bits per heavy atom. The van der Waals surface area contributed by atoms with E-state index in [1.165, 1.54) is 56.2 Å². The number of benzene rings is 2. The highest BCUT2D eigenvalue weighted by Gasteiger charge is 2.50. The summed E-state index contributed by atoms with van der Waals surface area (Å²) in [7, 11) is 1.68. The maximum absolute atomic E-state index is 13.1. The van der Waals surface area contributed by atoms with Gasteiger partial charge in [0, 0.05) is 12.1 Å². The molecule has 3 nitrogen and oxygen atoms in total. The van der Waals surface area contributed by atoms with Crippen LogP contribution in [0.4, 0.5) is 4.39 Å². The van der Waals surface area contributed by atoms with Crippen molar-refractivity contribution in [2.45, 2.75) is 57.2 Å². The molecule has 4 aliphatic rings. The summed E-state index contributed by atoms with van der Waals surface area (Å²) in [5.74, 6) is 4.08. The fraction of sp³-hybridized carbons (Fsp3) is 0.520. The molecule has 0 saturated heterocycles. The van der Waals surface area contributed by atoms with Crippen LogP contribution < -0.4 is 14.8 Å². The van der Waals surface area contributed by atoms with Crippen LogP contribution in [-0.4, -0.2) is 12.6 Å². The summed E-state index contributed by atoms with van der Waals surface area (Å²) in [5, 5.41) is 3.95. The molecule has 0 radical (unpaired) electrons. The van der Waals surface area contributed by atoms with Crippen molar-refractivity contribution < 1.29 is 13.9 Å². The van der Waals surface area contributed by atoms with Crippen LogP contribution in [0.3, 0.4) is 0 Å². The second-order valence-corrected chi connectivity index (χ2v) is 9.45. The third-order valence-electron chi connectivity index (χ3n) is 7.24. The molecule has 4 bridgehead atoms. The zero-order valence-electron chi connectivity index (χ0n) is 17.1. The van der Waals surface area contributed by atoms with Crippen LogP contribution in [0.15, 0.2) is 42.5 Å². The standard InChI is InChI=1S/C25H30FNO2/c1-28-24-11-18(4-7-23(24)29-16-17-2-5-22(26)6-3-17)15-27-25-12-19-8-20(13-25)10-21(9-19)14-25/h2-7,11,19-21,27H,8-10,12-16H2,1H3. The SMILES string of the molecule is COc1cc(CNC23CC4CC(CC(C4)C2)C3)ccc1OCc1ccc(F)cc1. The molecule has 0 aliphatic heterocycles. The van der Waals surface area contributed by atoms with Crippen LogP contribution in [0.25, 0.3) is 0 Å². The highest BCUT2D eigenvalue weighted by atomic mass is 19.1.